The second-order valence-electron chi connectivity index (χ2n) is 4.70. The normalized spacial score (nSPS) is 20.4. The Labute approximate surface area is 105 Å². The maximum atomic E-state index is 12.0. The molecule has 0 aromatic rings. The first kappa shape index (κ1) is 14.0. The van der Waals surface area contributed by atoms with Gasteiger partial charge in [0.1, 0.15) is 6.04 Å². The predicted octanol–water partition coefficient (Wildman–Crippen LogP) is 0.978. The van der Waals surface area contributed by atoms with Crippen molar-refractivity contribution in [2.24, 2.45) is 5.41 Å². The fourth-order valence-corrected chi connectivity index (χ4v) is 2.57. The molecule has 96 valence electrons. The molecule has 1 fully saturated rings. The van der Waals surface area contributed by atoms with E-state index in [4.69, 9.17) is 5.11 Å². The van der Waals surface area contributed by atoms with Crippen LogP contribution in [0.2, 0.25) is 0 Å². The van der Waals surface area contributed by atoms with Crippen molar-refractivity contribution < 1.29 is 19.5 Å². The number of ketones is 1. The van der Waals surface area contributed by atoms with Crippen LogP contribution in [0.4, 0.5) is 0 Å². The zero-order valence-electron chi connectivity index (χ0n) is 10.2. The van der Waals surface area contributed by atoms with E-state index in [9.17, 15) is 14.4 Å². The molecule has 1 aliphatic rings. The van der Waals surface area contributed by atoms with E-state index >= 15 is 0 Å². The SMILES string of the molecule is CCC(C)(C)C(=O)C(=O)N1CSCC1C(=O)O. The van der Waals surface area contributed by atoms with Crippen LogP contribution in [0, 0.1) is 5.41 Å². The van der Waals surface area contributed by atoms with Gasteiger partial charge < -0.3 is 10.0 Å². The summed E-state index contributed by atoms with van der Waals surface area (Å²) in [6.45, 7) is 5.23. The van der Waals surface area contributed by atoms with Crippen molar-refractivity contribution in [2.45, 2.75) is 33.2 Å². The largest absolute Gasteiger partial charge is 0.480 e. The zero-order chi connectivity index (χ0) is 13.2. The highest BCUT2D eigenvalue weighted by molar-refractivity contribution is 7.99. The van der Waals surface area contributed by atoms with E-state index in [1.807, 2.05) is 6.92 Å². The quantitative estimate of drug-likeness (QED) is 0.762. The first-order valence-electron chi connectivity index (χ1n) is 5.47. The summed E-state index contributed by atoms with van der Waals surface area (Å²) in [6.07, 6.45) is 0.552. The molecule has 0 aromatic heterocycles. The predicted molar refractivity (Wildman–Crippen MR) is 64.7 cm³/mol. The lowest BCUT2D eigenvalue weighted by Crippen LogP contribution is -2.48. The second-order valence-corrected chi connectivity index (χ2v) is 5.70. The molecule has 0 radical (unpaired) electrons. The van der Waals surface area contributed by atoms with Crippen LogP contribution in [-0.2, 0) is 14.4 Å². The van der Waals surface area contributed by atoms with Gasteiger partial charge in [0, 0.05) is 11.2 Å². The van der Waals surface area contributed by atoms with Crippen LogP contribution in [0.1, 0.15) is 27.2 Å². The maximum absolute atomic E-state index is 12.0. The van der Waals surface area contributed by atoms with E-state index in [1.165, 1.54) is 11.8 Å². The molecule has 0 saturated carbocycles. The van der Waals surface area contributed by atoms with E-state index in [2.05, 4.69) is 0 Å². The molecule has 1 amide bonds. The van der Waals surface area contributed by atoms with Gasteiger partial charge in [-0.25, -0.2) is 4.79 Å². The highest BCUT2D eigenvalue weighted by atomic mass is 32.2. The Kier molecular flexibility index (Phi) is 4.19. The van der Waals surface area contributed by atoms with Crippen molar-refractivity contribution in [3.05, 3.63) is 0 Å². The van der Waals surface area contributed by atoms with Crippen LogP contribution >= 0.6 is 11.8 Å². The fraction of sp³-hybridized carbons (Fsp3) is 0.727. The van der Waals surface area contributed by atoms with Crippen LogP contribution in [0.25, 0.3) is 0 Å². The van der Waals surface area contributed by atoms with E-state index in [1.54, 1.807) is 13.8 Å². The fourth-order valence-electron chi connectivity index (χ4n) is 1.43. The number of Topliss-reactive ketones (excluding diaryl/α,β-unsaturated/α-hetero) is 1. The van der Waals surface area contributed by atoms with Crippen molar-refractivity contribution in [2.75, 3.05) is 11.6 Å². The Balaban J connectivity index is 2.83. The number of carbonyl (C=O) groups is 3. The van der Waals surface area contributed by atoms with Gasteiger partial charge in [-0.05, 0) is 6.42 Å². The number of nitrogens with zero attached hydrogens (tertiary/aromatic N) is 1. The summed E-state index contributed by atoms with van der Waals surface area (Å²) in [5.41, 5.74) is -0.729. The van der Waals surface area contributed by atoms with Gasteiger partial charge in [0.15, 0.2) is 0 Å². The van der Waals surface area contributed by atoms with Crippen molar-refractivity contribution in [1.29, 1.82) is 0 Å². The number of amides is 1. The Hall–Kier alpha value is -1.04. The summed E-state index contributed by atoms with van der Waals surface area (Å²) in [5.74, 6) is -1.60. The monoisotopic (exact) mass is 259 g/mol. The van der Waals surface area contributed by atoms with Crippen molar-refractivity contribution in [3.63, 3.8) is 0 Å². The first-order valence-corrected chi connectivity index (χ1v) is 6.62. The van der Waals surface area contributed by atoms with Gasteiger partial charge in [0.2, 0.25) is 5.78 Å². The molecule has 1 saturated heterocycles. The minimum Gasteiger partial charge on any atom is -0.480 e. The molecule has 0 spiro atoms. The molecule has 1 N–H and O–H groups in total. The number of hydrogen-bond acceptors (Lipinski definition) is 4. The first-order chi connectivity index (χ1) is 7.81. The molecule has 5 nitrogen and oxygen atoms in total. The molecule has 0 aliphatic carbocycles. The molecular formula is C11H17NO4S. The Morgan fingerprint density at radius 3 is 2.47 bits per heavy atom. The lowest BCUT2D eigenvalue weighted by molar-refractivity contribution is -0.154. The van der Waals surface area contributed by atoms with Gasteiger partial charge in [-0.1, -0.05) is 20.8 Å². The summed E-state index contributed by atoms with van der Waals surface area (Å²) in [7, 11) is 0. The van der Waals surface area contributed by atoms with Gasteiger partial charge in [0.05, 0.1) is 5.88 Å². The van der Waals surface area contributed by atoms with Crippen LogP contribution in [0.5, 0.6) is 0 Å². The smallest absolute Gasteiger partial charge is 0.327 e. The molecule has 6 heteroatoms. The minimum absolute atomic E-state index is 0.279. The minimum atomic E-state index is -1.05. The third-order valence-electron chi connectivity index (χ3n) is 3.12. The summed E-state index contributed by atoms with van der Waals surface area (Å²) in [6, 6.07) is -0.871. The van der Waals surface area contributed by atoms with Gasteiger partial charge in [-0.2, -0.15) is 0 Å². The standard InChI is InChI=1S/C11H17NO4S/c1-4-11(2,3)8(13)9(14)12-6-17-5-7(12)10(15)16/h7H,4-6H2,1-3H3,(H,15,16). The number of carboxylic acid groups (broad SMARTS) is 1. The summed E-state index contributed by atoms with van der Waals surface area (Å²) in [4.78, 5) is 36.0. The van der Waals surface area contributed by atoms with Gasteiger partial charge >= 0.3 is 5.97 Å². The Morgan fingerprint density at radius 2 is 2.00 bits per heavy atom. The number of thioether (sulfide) groups is 1. The zero-order valence-corrected chi connectivity index (χ0v) is 11.0. The topological polar surface area (TPSA) is 74.7 Å². The molecule has 0 aromatic carbocycles. The molecule has 17 heavy (non-hydrogen) atoms. The maximum Gasteiger partial charge on any atom is 0.327 e. The third kappa shape index (κ3) is 2.80. The van der Waals surface area contributed by atoms with Crippen LogP contribution in [0.3, 0.4) is 0 Å². The molecule has 1 rings (SSSR count). The molecule has 1 aliphatic heterocycles. The Bertz CT molecular complexity index is 353. The van der Waals surface area contributed by atoms with Gasteiger partial charge in [-0.15, -0.1) is 11.8 Å². The molecular weight excluding hydrogens is 242 g/mol. The number of hydrogen-bond donors (Lipinski definition) is 1. The van der Waals surface area contributed by atoms with E-state index in [-0.39, 0.29) is 5.88 Å². The summed E-state index contributed by atoms with van der Waals surface area (Å²) in [5, 5.41) is 8.96. The van der Waals surface area contributed by atoms with Crippen molar-refractivity contribution in [3.8, 4) is 0 Å². The highest BCUT2D eigenvalue weighted by Gasteiger charge is 2.41. The third-order valence-corrected chi connectivity index (χ3v) is 4.13. The van der Waals surface area contributed by atoms with Gasteiger partial charge in [-0.3, -0.25) is 9.59 Å². The van der Waals surface area contributed by atoms with Crippen molar-refractivity contribution >= 4 is 29.4 Å². The second kappa shape index (κ2) is 5.08. The number of carbonyl (C=O) groups excluding carboxylic acids is 2. The van der Waals surface area contributed by atoms with Crippen LogP contribution < -0.4 is 0 Å². The summed E-state index contributed by atoms with van der Waals surface area (Å²) >= 11 is 1.35. The highest BCUT2D eigenvalue weighted by Crippen LogP contribution is 2.26. The average Bonchev–Trinajstić information content (AvgIpc) is 2.75. The Morgan fingerprint density at radius 1 is 1.41 bits per heavy atom. The molecule has 0 bridgehead atoms. The van der Waals surface area contributed by atoms with Gasteiger partial charge in [0.25, 0.3) is 5.91 Å². The van der Waals surface area contributed by atoms with E-state index < -0.39 is 29.1 Å². The number of aliphatic carboxylic acids is 1. The average molecular weight is 259 g/mol. The van der Waals surface area contributed by atoms with E-state index in [0.29, 0.717) is 12.2 Å². The molecule has 1 atom stereocenters. The molecule has 1 heterocycles. The van der Waals surface area contributed by atoms with E-state index in [0.717, 1.165) is 4.90 Å². The molecule has 1 unspecified atom stereocenters. The van der Waals surface area contributed by atoms with Crippen molar-refractivity contribution in [1.82, 2.24) is 4.90 Å². The van der Waals surface area contributed by atoms with Crippen LogP contribution in [0.15, 0.2) is 0 Å². The number of carboxylic acids is 1. The van der Waals surface area contributed by atoms with Crippen LogP contribution in [-0.4, -0.2) is 45.3 Å². The lowest BCUT2D eigenvalue weighted by Gasteiger charge is -2.25. The number of rotatable bonds is 4. The lowest BCUT2D eigenvalue weighted by atomic mass is 9.84. The summed E-state index contributed by atoms with van der Waals surface area (Å²) < 4.78 is 0.